The minimum Gasteiger partial charge on any atom is -0.323 e. The van der Waals surface area contributed by atoms with Crippen LogP contribution in [0.3, 0.4) is 0 Å². The normalized spacial score (nSPS) is 12.6. The fourth-order valence-electron chi connectivity index (χ4n) is 3.60. The molecule has 2 N–H and O–H groups in total. The highest BCUT2D eigenvalue weighted by atomic mass is 32.1. The summed E-state index contributed by atoms with van der Waals surface area (Å²) in [7, 11) is 0. The maximum atomic E-state index is 14.0. The van der Waals surface area contributed by atoms with Gasteiger partial charge in [-0.25, -0.2) is 9.37 Å². The van der Waals surface area contributed by atoms with E-state index in [9.17, 15) is 18.8 Å². The molecule has 0 aliphatic carbocycles. The first-order chi connectivity index (χ1) is 16.5. The highest BCUT2D eigenvalue weighted by Crippen LogP contribution is 2.31. The lowest BCUT2D eigenvalue weighted by atomic mass is 10.1. The lowest BCUT2D eigenvalue weighted by Gasteiger charge is -2.29. The Morgan fingerprint density at radius 3 is 2.53 bits per heavy atom. The number of benzene rings is 3. The number of para-hydroxylation sites is 2. The standard InChI is InChI=1S/C25H17FN4O3S/c26-18-6-2-1-5-17(18)24-27-13-21(34-24)23(32)28-16-11-9-15(10-12-16)25(33)30-14-22(31)29-19-7-3-4-8-20(19)30/h1-13H,14H2,(H,28,32)(H,29,31). The number of amides is 3. The van der Waals surface area contributed by atoms with Crippen molar-refractivity contribution in [2.75, 3.05) is 22.1 Å². The molecule has 1 aromatic heterocycles. The van der Waals surface area contributed by atoms with Crippen LogP contribution in [0.4, 0.5) is 21.5 Å². The highest BCUT2D eigenvalue weighted by Gasteiger charge is 2.27. The van der Waals surface area contributed by atoms with E-state index >= 15 is 0 Å². The molecule has 0 bridgehead atoms. The number of carbonyl (C=O) groups excluding carboxylic acids is 3. The third kappa shape index (κ3) is 4.16. The number of nitrogens with one attached hydrogen (secondary N) is 2. The van der Waals surface area contributed by atoms with Gasteiger partial charge in [-0.05, 0) is 48.5 Å². The van der Waals surface area contributed by atoms with Gasteiger partial charge < -0.3 is 10.6 Å². The van der Waals surface area contributed by atoms with Gasteiger partial charge in [0, 0.05) is 16.8 Å². The second-order valence-corrected chi connectivity index (χ2v) is 8.53. The summed E-state index contributed by atoms with van der Waals surface area (Å²) in [5.41, 5.74) is 2.40. The second-order valence-electron chi connectivity index (χ2n) is 7.50. The van der Waals surface area contributed by atoms with E-state index in [1.54, 1.807) is 66.7 Å². The number of thiazole rings is 1. The summed E-state index contributed by atoms with van der Waals surface area (Å²) >= 11 is 1.09. The Bertz CT molecular complexity index is 1420. The van der Waals surface area contributed by atoms with Crippen molar-refractivity contribution >= 4 is 46.1 Å². The number of anilines is 3. The van der Waals surface area contributed by atoms with Crippen LogP contribution in [0, 0.1) is 5.82 Å². The van der Waals surface area contributed by atoms with E-state index in [1.807, 2.05) is 0 Å². The van der Waals surface area contributed by atoms with E-state index in [0.29, 0.717) is 38.1 Å². The van der Waals surface area contributed by atoms with E-state index in [1.165, 1.54) is 17.2 Å². The van der Waals surface area contributed by atoms with Crippen LogP contribution in [-0.4, -0.2) is 29.3 Å². The van der Waals surface area contributed by atoms with E-state index in [-0.39, 0.29) is 24.3 Å². The molecule has 34 heavy (non-hydrogen) atoms. The monoisotopic (exact) mass is 472 g/mol. The Morgan fingerprint density at radius 1 is 1.00 bits per heavy atom. The minimum absolute atomic E-state index is 0.0793. The van der Waals surface area contributed by atoms with Gasteiger partial charge in [0.2, 0.25) is 5.91 Å². The minimum atomic E-state index is -0.405. The first kappa shape index (κ1) is 21.5. The Balaban J connectivity index is 1.30. The molecule has 0 atom stereocenters. The summed E-state index contributed by atoms with van der Waals surface area (Å²) < 4.78 is 14.0. The molecule has 0 spiro atoms. The molecule has 0 unspecified atom stereocenters. The van der Waals surface area contributed by atoms with Crippen LogP contribution in [0.15, 0.2) is 79.0 Å². The van der Waals surface area contributed by atoms with Crippen LogP contribution < -0.4 is 15.5 Å². The molecule has 3 amide bonds. The zero-order valence-corrected chi connectivity index (χ0v) is 18.4. The molecule has 9 heteroatoms. The van der Waals surface area contributed by atoms with Crippen LogP contribution in [0.5, 0.6) is 0 Å². The Morgan fingerprint density at radius 2 is 1.74 bits per heavy atom. The zero-order valence-electron chi connectivity index (χ0n) is 17.6. The maximum absolute atomic E-state index is 14.0. The molecule has 1 aliphatic heterocycles. The number of carbonyl (C=O) groups is 3. The number of hydrogen-bond donors (Lipinski definition) is 2. The molecular weight excluding hydrogens is 455 g/mol. The SMILES string of the molecule is O=C1CN(C(=O)c2ccc(NC(=O)c3cnc(-c4ccccc4F)s3)cc2)c2ccccc2N1. The van der Waals surface area contributed by atoms with Gasteiger partial charge >= 0.3 is 0 Å². The highest BCUT2D eigenvalue weighted by molar-refractivity contribution is 7.17. The molecule has 0 saturated carbocycles. The van der Waals surface area contributed by atoms with E-state index in [0.717, 1.165) is 11.3 Å². The number of aromatic nitrogens is 1. The first-order valence-electron chi connectivity index (χ1n) is 10.3. The van der Waals surface area contributed by atoms with Crippen molar-refractivity contribution in [3.63, 3.8) is 0 Å². The average Bonchev–Trinajstić information content (AvgIpc) is 3.34. The Hall–Kier alpha value is -4.37. The lowest BCUT2D eigenvalue weighted by molar-refractivity contribution is -0.115. The lowest BCUT2D eigenvalue weighted by Crippen LogP contribution is -2.42. The third-order valence-electron chi connectivity index (χ3n) is 5.24. The molecule has 0 radical (unpaired) electrons. The summed E-state index contributed by atoms with van der Waals surface area (Å²) in [5, 5.41) is 5.92. The van der Waals surface area contributed by atoms with Crippen molar-refractivity contribution in [2.45, 2.75) is 0 Å². The van der Waals surface area contributed by atoms with Crippen molar-refractivity contribution in [1.29, 1.82) is 0 Å². The number of fused-ring (bicyclic) bond motifs is 1. The summed E-state index contributed by atoms with van der Waals surface area (Å²) in [6.07, 6.45) is 1.40. The fraction of sp³-hybridized carbons (Fsp3) is 0.0400. The van der Waals surface area contributed by atoms with Crippen molar-refractivity contribution in [2.24, 2.45) is 0 Å². The summed E-state index contributed by atoms with van der Waals surface area (Å²) in [5.74, 6) is -1.38. The van der Waals surface area contributed by atoms with Gasteiger partial charge in [0.25, 0.3) is 11.8 Å². The summed E-state index contributed by atoms with van der Waals surface area (Å²) in [6.45, 7) is -0.0793. The molecule has 2 heterocycles. The largest absolute Gasteiger partial charge is 0.323 e. The van der Waals surface area contributed by atoms with Gasteiger partial charge in [0.05, 0.1) is 17.6 Å². The smallest absolute Gasteiger partial charge is 0.267 e. The number of rotatable bonds is 4. The first-order valence-corrected chi connectivity index (χ1v) is 11.1. The molecule has 5 rings (SSSR count). The van der Waals surface area contributed by atoms with Gasteiger partial charge in [-0.2, -0.15) is 0 Å². The number of nitrogens with zero attached hydrogens (tertiary/aromatic N) is 2. The molecule has 0 fully saturated rings. The molecule has 1 aliphatic rings. The van der Waals surface area contributed by atoms with Gasteiger partial charge in [0.15, 0.2) is 0 Å². The fourth-order valence-corrected chi connectivity index (χ4v) is 4.44. The van der Waals surface area contributed by atoms with Crippen molar-refractivity contribution in [1.82, 2.24) is 4.98 Å². The van der Waals surface area contributed by atoms with Crippen LogP contribution >= 0.6 is 11.3 Å². The topological polar surface area (TPSA) is 91.4 Å². The predicted molar refractivity (Wildman–Crippen MR) is 129 cm³/mol. The average molecular weight is 473 g/mol. The molecule has 168 valence electrons. The number of halogens is 1. The quantitative estimate of drug-likeness (QED) is 0.446. The van der Waals surface area contributed by atoms with Crippen LogP contribution in [-0.2, 0) is 4.79 Å². The second kappa shape index (κ2) is 8.87. The van der Waals surface area contributed by atoms with Gasteiger partial charge in [0.1, 0.15) is 22.2 Å². The molecule has 4 aromatic rings. The van der Waals surface area contributed by atoms with E-state index < -0.39 is 5.82 Å². The zero-order chi connectivity index (χ0) is 23.7. The summed E-state index contributed by atoms with van der Waals surface area (Å²) in [4.78, 5) is 43.6. The van der Waals surface area contributed by atoms with Crippen LogP contribution in [0.1, 0.15) is 20.0 Å². The molecule has 0 saturated heterocycles. The van der Waals surface area contributed by atoms with Gasteiger partial charge in [-0.15, -0.1) is 11.3 Å². The van der Waals surface area contributed by atoms with Crippen molar-refractivity contribution in [3.8, 4) is 10.6 Å². The van der Waals surface area contributed by atoms with Crippen LogP contribution in [0.25, 0.3) is 10.6 Å². The van der Waals surface area contributed by atoms with E-state index in [4.69, 9.17) is 0 Å². The van der Waals surface area contributed by atoms with Gasteiger partial charge in [-0.1, -0.05) is 24.3 Å². The maximum Gasteiger partial charge on any atom is 0.267 e. The molecule has 7 nitrogen and oxygen atoms in total. The Labute approximate surface area is 197 Å². The van der Waals surface area contributed by atoms with Crippen LogP contribution in [0.2, 0.25) is 0 Å². The molecule has 3 aromatic carbocycles. The number of hydrogen-bond acceptors (Lipinski definition) is 5. The van der Waals surface area contributed by atoms with Crippen molar-refractivity contribution in [3.05, 3.63) is 95.3 Å². The predicted octanol–water partition coefficient (Wildman–Crippen LogP) is 4.80. The van der Waals surface area contributed by atoms with E-state index in [2.05, 4.69) is 15.6 Å². The summed E-state index contributed by atoms with van der Waals surface area (Å²) in [6, 6.07) is 19.7. The Kier molecular flexibility index (Phi) is 5.60. The van der Waals surface area contributed by atoms with Crippen molar-refractivity contribution < 1.29 is 18.8 Å². The third-order valence-corrected chi connectivity index (χ3v) is 6.27. The molecular formula is C25H17FN4O3S. The van der Waals surface area contributed by atoms with Gasteiger partial charge in [-0.3, -0.25) is 19.3 Å².